The van der Waals surface area contributed by atoms with Crippen LogP contribution in [0.25, 0.3) is 0 Å². The lowest BCUT2D eigenvalue weighted by Gasteiger charge is -2.32. The summed E-state index contributed by atoms with van der Waals surface area (Å²) in [6.07, 6.45) is 2.44. The largest absolute Gasteiger partial charge is 0.384 e. The number of hydrogen-bond acceptors (Lipinski definition) is 2. The van der Waals surface area contributed by atoms with E-state index in [4.69, 9.17) is 23.2 Å². The standard InChI is InChI=1S/C19H22Cl2N2/c20-17-6-7-18(21)19(12-17)22-13-15-8-10-23(11-9-15)14-16-4-2-1-3-5-16/h1-7,12,15,22H,8-11,13-14H2. The molecule has 4 heteroatoms. The van der Waals surface area contributed by atoms with Gasteiger partial charge in [-0.15, -0.1) is 0 Å². The first kappa shape index (κ1) is 16.6. The highest BCUT2D eigenvalue weighted by Crippen LogP contribution is 2.27. The molecule has 0 unspecified atom stereocenters. The van der Waals surface area contributed by atoms with Crippen LogP contribution in [0.2, 0.25) is 10.0 Å². The molecule has 0 atom stereocenters. The first-order valence-corrected chi connectivity index (χ1v) is 8.91. The Morgan fingerprint density at radius 2 is 1.74 bits per heavy atom. The summed E-state index contributed by atoms with van der Waals surface area (Å²) < 4.78 is 0. The maximum absolute atomic E-state index is 6.20. The zero-order chi connectivity index (χ0) is 16.1. The van der Waals surface area contributed by atoms with Crippen LogP contribution in [0, 0.1) is 5.92 Å². The van der Waals surface area contributed by atoms with Crippen molar-refractivity contribution in [3.63, 3.8) is 0 Å². The van der Waals surface area contributed by atoms with Crippen molar-refractivity contribution in [3.8, 4) is 0 Å². The van der Waals surface area contributed by atoms with E-state index in [1.165, 1.54) is 18.4 Å². The highest BCUT2D eigenvalue weighted by Gasteiger charge is 2.19. The number of nitrogens with zero attached hydrogens (tertiary/aromatic N) is 1. The molecule has 0 spiro atoms. The van der Waals surface area contributed by atoms with E-state index >= 15 is 0 Å². The molecule has 23 heavy (non-hydrogen) atoms. The minimum atomic E-state index is 0.692. The molecule has 2 aromatic rings. The molecule has 2 aromatic carbocycles. The van der Waals surface area contributed by atoms with Gasteiger partial charge in [-0.1, -0.05) is 53.5 Å². The van der Waals surface area contributed by atoms with Gasteiger partial charge in [0.15, 0.2) is 0 Å². The molecule has 0 aromatic heterocycles. The Hall–Kier alpha value is -1.22. The third-order valence-corrected chi connectivity index (χ3v) is 5.03. The van der Waals surface area contributed by atoms with Crippen LogP contribution in [-0.2, 0) is 6.54 Å². The second-order valence-corrected chi connectivity index (χ2v) is 7.05. The van der Waals surface area contributed by atoms with Gasteiger partial charge in [0.2, 0.25) is 0 Å². The molecule has 0 bridgehead atoms. The Kier molecular flexibility index (Phi) is 5.82. The fourth-order valence-electron chi connectivity index (χ4n) is 3.08. The summed E-state index contributed by atoms with van der Waals surface area (Å²) in [6.45, 7) is 4.33. The molecule has 1 aliphatic rings. The van der Waals surface area contributed by atoms with Crippen LogP contribution in [0.4, 0.5) is 5.69 Å². The van der Waals surface area contributed by atoms with Crippen molar-refractivity contribution in [1.29, 1.82) is 0 Å². The molecule has 0 saturated carbocycles. The van der Waals surface area contributed by atoms with Crippen LogP contribution in [0.15, 0.2) is 48.5 Å². The minimum absolute atomic E-state index is 0.692. The van der Waals surface area contributed by atoms with Crippen molar-refractivity contribution >= 4 is 28.9 Å². The van der Waals surface area contributed by atoms with Gasteiger partial charge in [-0.05, 0) is 55.6 Å². The number of hydrogen-bond donors (Lipinski definition) is 1. The number of benzene rings is 2. The Labute approximate surface area is 148 Å². The lowest BCUT2D eigenvalue weighted by Crippen LogP contribution is -2.35. The number of rotatable bonds is 5. The van der Waals surface area contributed by atoms with E-state index in [1.54, 1.807) is 0 Å². The van der Waals surface area contributed by atoms with Crippen molar-refractivity contribution in [2.24, 2.45) is 5.92 Å². The van der Waals surface area contributed by atoms with Crippen LogP contribution in [0.3, 0.4) is 0 Å². The summed E-state index contributed by atoms with van der Waals surface area (Å²) in [5, 5.41) is 4.90. The van der Waals surface area contributed by atoms with Crippen LogP contribution in [0.1, 0.15) is 18.4 Å². The fourth-order valence-corrected chi connectivity index (χ4v) is 3.43. The van der Waals surface area contributed by atoms with Crippen molar-refractivity contribution in [2.45, 2.75) is 19.4 Å². The molecule has 0 radical (unpaired) electrons. The molecule has 1 saturated heterocycles. The highest BCUT2D eigenvalue weighted by molar-refractivity contribution is 6.35. The normalized spacial score (nSPS) is 16.4. The van der Waals surface area contributed by atoms with Crippen LogP contribution < -0.4 is 5.32 Å². The van der Waals surface area contributed by atoms with Crippen LogP contribution in [-0.4, -0.2) is 24.5 Å². The number of halogens is 2. The average molecular weight is 349 g/mol. The SMILES string of the molecule is Clc1ccc(Cl)c(NCC2CCN(Cc3ccccc3)CC2)c1. The average Bonchev–Trinajstić information content (AvgIpc) is 2.58. The van der Waals surface area contributed by atoms with Gasteiger partial charge in [-0.2, -0.15) is 0 Å². The Morgan fingerprint density at radius 1 is 1.00 bits per heavy atom. The van der Waals surface area contributed by atoms with Gasteiger partial charge in [0.05, 0.1) is 10.7 Å². The summed E-state index contributed by atoms with van der Waals surface area (Å²) in [5.74, 6) is 0.692. The van der Waals surface area contributed by atoms with Gasteiger partial charge < -0.3 is 5.32 Å². The summed E-state index contributed by atoms with van der Waals surface area (Å²) in [7, 11) is 0. The van der Waals surface area contributed by atoms with Gasteiger partial charge in [0.25, 0.3) is 0 Å². The Balaban J connectivity index is 1.45. The van der Waals surface area contributed by atoms with Gasteiger partial charge in [-0.3, -0.25) is 4.90 Å². The van der Waals surface area contributed by atoms with E-state index < -0.39 is 0 Å². The molecule has 3 rings (SSSR count). The van der Waals surface area contributed by atoms with Gasteiger partial charge in [0.1, 0.15) is 0 Å². The van der Waals surface area contributed by atoms with E-state index in [1.807, 2.05) is 18.2 Å². The minimum Gasteiger partial charge on any atom is -0.384 e. The quantitative estimate of drug-likeness (QED) is 0.786. The van der Waals surface area contributed by atoms with E-state index in [0.717, 1.165) is 41.9 Å². The predicted molar refractivity (Wildman–Crippen MR) is 99.4 cm³/mol. The summed E-state index contributed by atoms with van der Waals surface area (Å²) >= 11 is 12.2. The third kappa shape index (κ3) is 4.87. The highest BCUT2D eigenvalue weighted by atomic mass is 35.5. The van der Waals surface area contributed by atoms with E-state index in [-0.39, 0.29) is 0 Å². The second kappa shape index (κ2) is 8.05. The summed E-state index contributed by atoms with van der Waals surface area (Å²) in [4.78, 5) is 2.54. The molecule has 0 amide bonds. The third-order valence-electron chi connectivity index (χ3n) is 4.47. The molecule has 122 valence electrons. The van der Waals surface area contributed by atoms with Gasteiger partial charge in [-0.25, -0.2) is 0 Å². The second-order valence-electron chi connectivity index (χ2n) is 6.21. The Bertz CT molecular complexity index is 623. The molecular weight excluding hydrogens is 327 g/mol. The maximum atomic E-state index is 6.20. The molecular formula is C19H22Cl2N2. The number of likely N-dealkylation sites (tertiary alicyclic amines) is 1. The lowest BCUT2D eigenvalue weighted by molar-refractivity contribution is 0.182. The maximum Gasteiger partial charge on any atom is 0.0638 e. The van der Waals surface area contributed by atoms with Gasteiger partial charge >= 0.3 is 0 Å². The molecule has 0 aliphatic carbocycles. The molecule has 1 aliphatic heterocycles. The van der Waals surface area contributed by atoms with Gasteiger partial charge in [0, 0.05) is 18.1 Å². The summed E-state index contributed by atoms with van der Waals surface area (Å²) in [6, 6.07) is 16.3. The first-order chi connectivity index (χ1) is 11.2. The monoisotopic (exact) mass is 348 g/mol. The van der Waals surface area contributed by atoms with Crippen LogP contribution in [0.5, 0.6) is 0 Å². The number of piperidine rings is 1. The molecule has 1 fully saturated rings. The topological polar surface area (TPSA) is 15.3 Å². The molecule has 2 nitrogen and oxygen atoms in total. The predicted octanol–water partition coefficient (Wildman–Crippen LogP) is 5.32. The lowest BCUT2D eigenvalue weighted by atomic mass is 9.96. The molecule has 1 N–H and O–H groups in total. The fraction of sp³-hybridized carbons (Fsp3) is 0.368. The smallest absolute Gasteiger partial charge is 0.0638 e. The number of anilines is 1. The van der Waals surface area contributed by atoms with Crippen molar-refractivity contribution in [1.82, 2.24) is 4.90 Å². The van der Waals surface area contributed by atoms with Crippen molar-refractivity contribution in [2.75, 3.05) is 25.0 Å². The van der Waals surface area contributed by atoms with Crippen molar-refractivity contribution < 1.29 is 0 Å². The molecule has 1 heterocycles. The summed E-state index contributed by atoms with van der Waals surface area (Å²) in [5.41, 5.74) is 2.33. The zero-order valence-electron chi connectivity index (χ0n) is 13.1. The number of nitrogens with one attached hydrogen (secondary N) is 1. The first-order valence-electron chi connectivity index (χ1n) is 8.16. The zero-order valence-corrected chi connectivity index (χ0v) is 14.7. The van der Waals surface area contributed by atoms with Crippen LogP contribution >= 0.6 is 23.2 Å². The Morgan fingerprint density at radius 3 is 2.48 bits per heavy atom. The van der Waals surface area contributed by atoms with Crippen molar-refractivity contribution in [3.05, 3.63) is 64.1 Å². The van der Waals surface area contributed by atoms with E-state index in [9.17, 15) is 0 Å². The van der Waals surface area contributed by atoms with E-state index in [0.29, 0.717) is 5.92 Å². The van der Waals surface area contributed by atoms with E-state index in [2.05, 4.69) is 40.5 Å².